The molecule has 2 fully saturated rings. The highest BCUT2D eigenvalue weighted by Gasteiger charge is 2.21. The largest absolute Gasteiger partial charge is 0.378 e. The topological polar surface area (TPSA) is 44.7 Å². The predicted molar refractivity (Wildman–Crippen MR) is 109 cm³/mol. The Bertz CT molecular complexity index is 773. The zero-order valence-corrected chi connectivity index (χ0v) is 16.5. The fourth-order valence-corrected chi connectivity index (χ4v) is 3.80. The second-order valence-electron chi connectivity index (χ2n) is 7.12. The van der Waals surface area contributed by atoms with Crippen LogP contribution in [0.25, 0.3) is 0 Å². The molecular weight excluding hydrogens is 362 g/mol. The molecule has 0 saturated carbocycles. The Morgan fingerprint density at radius 3 is 2.44 bits per heavy atom. The summed E-state index contributed by atoms with van der Waals surface area (Å²) < 4.78 is 5.46. The van der Waals surface area contributed by atoms with Crippen LogP contribution >= 0.6 is 11.6 Å². The Balaban J connectivity index is 1.40. The fourth-order valence-electron chi connectivity index (χ4n) is 3.61. The Hall–Kier alpha value is -1.89. The highest BCUT2D eigenvalue weighted by atomic mass is 35.5. The second-order valence-corrected chi connectivity index (χ2v) is 7.53. The van der Waals surface area contributed by atoms with E-state index < -0.39 is 0 Å². The molecule has 0 atom stereocenters. The highest BCUT2D eigenvalue weighted by Crippen LogP contribution is 2.21. The van der Waals surface area contributed by atoms with Gasteiger partial charge in [-0.1, -0.05) is 29.8 Å². The van der Waals surface area contributed by atoms with Crippen molar-refractivity contribution in [2.45, 2.75) is 13.5 Å². The number of rotatable bonds is 4. The summed E-state index contributed by atoms with van der Waals surface area (Å²) >= 11 is 6.31. The van der Waals surface area contributed by atoms with Crippen molar-refractivity contribution in [3.63, 3.8) is 0 Å². The van der Waals surface area contributed by atoms with E-state index in [4.69, 9.17) is 26.3 Å². The molecule has 0 unspecified atom stereocenters. The van der Waals surface area contributed by atoms with Crippen LogP contribution < -0.4 is 9.80 Å². The third-order valence-electron chi connectivity index (χ3n) is 5.17. The van der Waals surface area contributed by atoms with Crippen LogP contribution in [0.15, 0.2) is 30.3 Å². The Morgan fingerprint density at radius 2 is 1.70 bits per heavy atom. The number of hydrogen-bond acceptors (Lipinski definition) is 6. The molecule has 0 bridgehead atoms. The fraction of sp³-hybridized carbons (Fsp3) is 0.500. The van der Waals surface area contributed by atoms with Gasteiger partial charge >= 0.3 is 0 Å². The van der Waals surface area contributed by atoms with Gasteiger partial charge < -0.3 is 14.5 Å². The number of morpholine rings is 1. The van der Waals surface area contributed by atoms with Gasteiger partial charge in [0.15, 0.2) is 0 Å². The minimum absolute atomic E-state index is 0.763. The molecule has 1 aromatic heterocycles. The van der Waals surface area contributed by atoms with Crippen LogP contribution in [0.2, 0.25) is 5.02 Å². The average Bonchev–Trinajstić information content (AvgIpc) is 2.70. The van der Waals surface area contributed by atoms with Crippen molar-refractivity contribution in [1.82, 2.24) is 14.9 Å². The number of hydrogen-bond donors (Lipinski definition) is 0. The number of piperazine rings is 1. The molecule has 3 heterocycles. The van der Waals surface area contributed by atoms with Crippen molar-refractivity contribution in [1.29, 1.82) is 0 Å². The molecule has 0 amide bonds. The lowest BCUT2D eigenvalue weighted by molar-refractivity contribution is 0.122. The first-order chi connectivity index (χ1) is 13.2. The number of benzene rings is 1. The minimum atomic E-state index is 0.763. The molecular formula is C20H26ClN5O. The summed E-state index contributed by atoms with van der Waals surface area (Å²) in [6, 6.07) is 10.2. The van der Waals surface area contributed by atoms with E-state index in [-0.39, 0.29) is 0 Å². The molecule has 1 aromatic carbocycles. The second kappa shape index (κ2) is 8.42. The minimum Gasteiger partial charge on any atom is -0.378 e. The Morgan fingerprint density at radius 1 is 0.963 bits per heavy atom. The van der Waals surface area contributed by atoms with E-state index in [1.54, 1.807) is 0 Å². The van der Waals surface area contributed by atoms with Crippen molar-refractivity contribution in [3.05, 3.63) is 46.6 Å². The molecule has 7 heteroatoms. The van der Waals surface area contributed by atoms with Gasteiger partial charge in [-0.3, -0.25) is 4.90 Å². The van der Waals surface area contributed by atoms with Crippen molar-refractivity contribution >= 4 is 23.4 Å². The van der Waals surface area contributed by atoms with Gasteiger partial charge in [-0.2, -0.15) is 4.98 Å². The van der Waals surface area contributed by atoms with E-state index in [0.717, 1.165) is 81.5 Å². The molecule has 4 rings (SSSR count). The van der Waals surface area contributed by atoms with Crippen LogP contribution in [0, 0.1) is 6.92 Å². The summed E-state index contributed by atoms with van der Waals surface area (Å²) in [6.45, 7) is 10.1. The Labute approximate surface area is 165 Å². The van der Waals surface area contributed by atoms with Crippen LogP contribution in [0.5, 0.6) is 0 Å². The highest BCUT2D eigenvalue weighted by molar-refractivity contribution is 6.31. The monoisotopic (exact) mass is 387 g/mol. The van der Waals surface area contributed by atoms with E-state index in [2.05, 4.69) is 26.8 Å². The lowest BCUT2D eigenvalue weighted by atomic mass is 10.2. The SMILES string of the molecule is Cc1cc(N2CCOCC2)nc(N2CCN(Cc3ccccc3Cl)CC2)n1. The molecule has 0 spiro atoms. The molecule has 6 nitrogen and oxygen atoms in total. The average molecular weight is 388 g/mol. The van der Waals surface area contributed by atoms with E-state index in [1.807, 2.05) is 25.1 Å². The summed E-state index contributed by atoms with van der Waals surface area (Å²) in [5.41, 5.74) is 2.20. The standard InChI is InChI=1S/C20H26ClN5O/c1-16-14-19(25-10-12-27-13-11-25)23-20(22-16)26-8-6-24(7-9-26)15-17-4-2-3-5-18(17)21/h2-5,14H,6-13,15H2,1H3. The van der Waals surface area contributed by atoms with Gasteiger partial charge in [-0.25, -0.2) is 4.98 Å². The lowest BCUT2D eigenvalue weighted by Gasteiger charge is -2.35. The molecule has 2 saturated heterocycles. The van der Waals surface area contributed by atoms with Crippen molar-refractivity contribution in [2.75, 3.05) is 62.3 Å². The maximum Gasteiger partial charge on any atom is 0.227 e. The van der Waals surface area contributed by atoms with Crippen molar-refractivity contribution in [2.24, 2.45) is 0 Å². The number of halogens is 1. The quantitative estimate of drug-likeness (QED) is 0.803. The van der Waals surface area contributed by atoms with Gasteiger partial charge in [0.1, 0.15) is 5.82 Å². The van der Waals surface area contributed by atoms with Gasteiger partial charge in [-0.05, 0) is 18.6 Å². The molecule has 0 N–H and O–H groups in total. The maximum absolute atomic E-state index is 6.31. The van der Waals surface area contributed by atoms with E-state index in [9.17, 15) is 0 Å². The summed E-state index contributed by atoms with van der Waals surface area (Å²) in [5.74, 6) is 1.85. The predicted octanol–water partition coefficient (Wildman–Crippen LogP) is 2.60. The summed E-state index contributed by atoms with van der Waals surface area (Å²) in [7, 11) is 0. The Kier molecular flexibility index (Phi) is 5.76. The number of aromatic nitrogens is 2. The van der Waals surface area contributed by atoms with Crippen LogP contribution in [0.4, 0.5) is 11.8 Å². The third kappa shape index (κ3) is 4.51. The van der Waals surface area contributed by atoms with Gasteiger partial charge in [0.05, 0.1) is 13.2 Å². The smallest absolute Gasteiger partial charge is 0.227 e. The number of ether oxygens (including phenoxy) is 1. The normalized spacial score (nSPS) is 18.7. The molecule has 2 aliphatic heterocycles. The molecule has 2 aliphatic rings. The first-order valence-electron chi connectivity index (χ1n) is 9.58. The molecule has 144 valence electrons. The van der Waals surface area contributed by atoms with Gasteiger partial charge in [0.25, 0.3) is 0 Å². The molecule has 0 radical (unpaired) electrons. The number of nitrogens with zero attached hydrogens (tertiary/aromatic N) is 5. The summed E-state index contributed by atoms with van der Waals surface area (Å²) in [5, 5.41) is 0.845. The van der Waals surface area contributed by atoms with Gasteiger partial charge in [-0.15, -0.1) is 0 Å². The number of aryl methyl sites for hydroxylation is 1. The molecule has 27 heavy (non-hydrogen) atoms. The van der Waals surface area contributed by atoms with Crippen molar-refractivity contribution < 1.29 is 4.74 Å². The van der Waals surface area contributed by atoms with Gasteiger partial charge in [0, 0.05) is 62.6 Å². The van der Waals surface area contributed by atoms with Crippen LogP contribution in [-0.4, -0.2) is 67.4 Å². The first kappa shape index (κ1) is 18.5. The van der Waals surface area contributed by atoms with Crippen LogP contribution in [0.3, 0.4) is 0 Å². The van der Waals surface area contributed by atoms with E-state index in [0.29, 0.717) is 0 Å². The van der Waals surface area contributed by atoms with Gasteiger partial charge in [0.2, 0.25) is 5.95 Å². The van der Waals surface area contributed by atoms with E-state index in [1.165, 1.54) is 5.56 Å². The third-order valence-corrected chi connectivity index (χ3v) is 5.54. The van der Waals surface area contributed by atoms with E-state index >= 15 is 0 Å². The van der Waals surface area contributed by atoms with Crippen LogP contribution in [0.1, 0.15) is 11.3 Å². The lowest BCUT2D eigenvalue weighted by Crippen LogP contribution is -2.46. The molecule has 0 aliphatic carbocycles. The number of anilines is 2. The van der Waals surface area contributed by atoms with Crippen molar-refractivity contribution in [3.8, 4) is 0 Å². The summed E-state index contributed by atoms with van der Waals surface area (Å²) in [4.78, 5) is 16.6. The van der Waals surface area contributed by atoms with Crippen LogP contribution in [-0.2, 0) is 11.3 Å². The maximum atomic E-state index is 6.31. The molecule has 2 aromatic rings. The zero-order valence-electron chi connectivity index (χ0n) is 15.8. The first-order valence-corrected chi connectivity index (χ1v) is 9.96. The summed E-state index contributed by atoms with van der Waals surface area (Å²) in [6.07, 6.45) is 0. The zero-order chi connectivity index (χ0) is 18.6.